The number of pyridine rings is 1. The average Bonchev–Trinajstić information content (AvgIpc) is 3.07. The van der Waals surface area contributed by atoms with E-state index in [9.17, 15) is 9.59 Å². The van der Waals surface area contributed by atoms with E-state index in [0.717, 1.165) is 12.8 Å². The van der Waals surface area contributed by atoms with Crippen molar-refractivity contribution in [3.05, 3.63) is 34.4 Å². The van der Waals surface area contributed by atoms with Crippen molar-refractivity contribution in [3.63, 3.8) is 0 Å². The monoisotopic (exact) mass is 260 g/mol. The number of carbonyl (C=O) groups is 1. The Morgan fingerprint density at radius 3 is 2.89 bits per heavy atom. The Balaban J connectivity index is 1.92. The molecule has 2 aromatic heterocycles. The van der Waals surface area contributed by atoms with E-state index in [2.05, 4.69) is 10.2 Å². The van der Waals surface area contributed by atoms with E-state index in [1.54, 1.807) is 23.2 Å². The first kappa shape index (κ1) is 12.0. The molecule has 3 rings (SSSR count). The quantitative estimate of drug-likeness (QED) is 0.877. The predicted molar refractivity (Wildman–Crippen MR) is 70.2 cm³/mol. The zero-order chi connectivity index (χ0) is 13.4. The van der Waals surface area contributed by atoms with Crippen LogP contribution in [0.15, 0.2) is 23.1 Å². The number of amides is 1. The number of aromatic amines is 1. The van der Waals surface area contributed by atoms with Crippen molar-refractivity contribution in [1.82, 2.24) is 19.5 Å². The van der Waals surface area contributed by atoms with Crippen LogP contribution in [-0.2, 0) is 0 Å². The molecule has 6 nitrogen and oxygen atoms in total. The minimum absolute atomic E-state index is 0.0399. The second-order valence-electron chi connectivity index (χ2n) is 5.03. The van der Waals surface area contributed by atoms with Crippen molar-refractivity contribution < 1.29 is 4.79 Å². The van der Waals surface area contributed by atoms with Gasteiger partial charge in [-0.25, -0.2) is 14.3 Å². The summed E-state index contributed by atoms with van der Waals surface area (Å²) < 4.78 is 1.36. The van der Waals surface area contributed by atoms with Crippen molar-refractivity contribution in [3.8, 4) is 0 Å². The number of nitrogens with zero attached hydrogens (tertiary/aromatic N) is 3. The molecule has 0 atom stereocenters. The third-order valence-corrected chi connectivity index (χ3v) is 3.85. The molecule has 1 amide bonds. The van der Waals surface area contributed by atoms with Gasteiger partial charge < -0.3 is 4.90 Å². The van der Waals surface area contributed by atoms with Crippen LogP contribution in [-0.4, -0.2) is 38.5 Å². The summed E-state index contributed by atoms with van der Waals surface area (Å²) in [5, 5.41) is 6.20. The number of H-pyrrole nitrogens is 1. The van der Waals surface area contributed by atoms with Gasteiger partial charge in [0.05, 0.1) is 5.56 Å². The largest absolute Gasteiger partial charge is 0.347 e. The standard InChI is InChI=1S/C13H16N4O2/c1-16(10-4-2-3-5-10)12(18)9-6-7-11-14-15-13(19)17(11)8-9/h6-8,10H,2-5H2,1H3,(H,15,19). The molecule has 0 unspecified atom stereocenters. The lowest BCUT2D eigenvalue weighted by atomic mass is 10.2. The zero-order valence-corrected chi connectivity index (χ0v) is 10.8. The fourth-order valence-electron chi connectivity index (χ4n) is 2.69. The van der Waals surface area contributed by atoms with Crippen LogP contribution in [0.2, 0.25) is 0 Å². The lowest BCUT2D eigenvalue weighted by Crippen LogP contribution is -2.35. The highest BCUT2D eigenvalue weighted by Crippen LogP contribution is 2.23. The summed E-state index contributed by atoms with van der Waals surface area (Å²) in [7, 11) is 1.83. The molecule has 1 saturated carbocycles. The highest BCUT2D eigenvalue weighted by molar-refractivity contribution is 5.94. The van der Waals surface area contributed by atoms with Gasteiger partial charge >= 0.3 is 5.69 Å². The van der Waals surface area contributed by atoms with Crippen LogP contribution in [0.3, 0.4) is 0 Å². The van der Waals surface area contributed by atoms with Crippen LogP contribution in [0.25, 0.3) is 5.65 Å². The molecule has 0 radical (unpaired) electrons. The molecule has 1 N–H and O–H groups in total. The van der Waals surface area contributed by atoms with Gasteiger partial charge in [0, 0.05) is 19.3 Å². The lowest BCUT2D eigenvalue weighted by molar-refractivity contribution is 0.0734. The van der Waals surface area contributed by atoms with Crippen LogP contribution in [0, 0.1) is 0 Å². The molecular weight excluding hydrogens is 244 g/mol. The number of rotatable bonds is 2. The molecule has 1 aliphatic carbocycles. The molecule has 100 valence electrons. The van der Waals surface area contributed by atoms with Crippen LogP contribution in [0.1, 0.15) is 36.0 Å². The fraction of sp³-hybridized carbons (Fsp3) is 0.462. The molecule has 0 aliphatic heterocycles. The minimum Gasteiger partial charge on any atom is -0.339 e. The van der Waals surface area contributed by atoms with Gasteiger partial charge in [-0.3, -0.25) is 4.79 Å². The van der Waals surface area contributed by atoms with E-state index in [4.69, 9.17) is 0 Å². The summed E-state index contributed by atoms with van der Waals surface area (Å²) in [5.41, 5.74) is 0.712. The van der Waals surface area contributed by atoms with E-state index in [-0.39, 0.29) is 11.6 Å². The van der Waals surface area contributed by atoms with E-state index < -0.39 is 0 Å². The number of hydrogen-bond acceptors (Lipinski definition) is 3. The van der Waals surface area contributed by atoms with E-state index in [1.165, 1.54) is 17.2 Å². The van der Waals surface area contributed by atoms with Gasteiger partial charge in [-0.2, -0.15) is 5.10 Å². The number of fused-ring (bicyclic) bond motifs is 1. The SMILES string of the molecule is CN(C(=O)c1ccc2n[nH]c(=O)n2c1)C1CCCC1. The topological polar surface area (TPSA) is 70.5 Å². The molecule has 6 heteroatoms. The first-order chi connectivity index (χ1) is 9.16. The lowest BCUT2D eigenvalue weighted by Gasteiger charge is -2.24. The minimum atomic E-state index is -0.326. The molecule has 2 heterocycles. The maximum absolute atomic E-state index is 12.4. The number of aromatic nitrogens is 3. The maximum atomic E-state index is 12.4. The summed E-state index contributed by atoms with van der Waals surface area (Å²) in [6.07, 6.45) is 6.05. The molecule has 0 saturated heterocycles. The van der Waals surface area contributed by atoms with Crippen molar-refractivity contribution in [2.75, 3.05) is 7.05 Å². The molecule has 0 spiro atoms. The summed E-state index contributed by atoms with van der Waals surface area (Å²) >= 11 is 0. The first-order valence-electron chi connectivity index (χ1n) is 6.51. The molecule has 1 aliphatic rings. The highest BCUT2D eigenvalue weighted by Gasteiger charge is 2.24. The molecule has 0 aromatic carbocycles. The fourth-order valence-corrected chi connectivity index (χ4v) is 2.69. The smallest absolute Gasteiger partial charge is 0.339 e. The average molecular weight is 260 g/mol. The second-order valence-corrected chi connectivity index (χ2v) is 5.03. The van der Waals surface area contributed by atoms with Crippen LogP contribution < -0.4 is 5.69 Å². The highest BCUT2D eigenvalue weighted by atomic mass is 16.2. The van der Waals surface area contributed by atoms with E-state index >= 15 is 0 Å². The molecular formula is C13H16N4O2. The Bertz CT molecular complexity index is 667. The van der Waals surface area contributed by atoms with Crippen LogP contribution >= 0.6 is 0 Å². The van der Waals surface area contributed by atoms with Gasteiger partial charge in [0.2, 0.25) is 0 Å². The van der Waals surface area contributed by atoms with Gasteiger partial charge in [0.25, 0.3) is 5.91 Å². The maximum Gasteiger partial charge on any atom is 0.347 e. The molecule has 19 heavy (non-hydrogen) atoms. The van der Waals surface area contributed by atoms with Gasteiger partial charge in [-0.15, -0.1) is 0 Å². The van der Waals surface area contributed by atoms with Crippen molar-refractivity contribution >= 4 is 11.6 Å². The van der Waals surface area contributed by atoms with Crippen LogP contribution in [0.4, 0.5) is 0 Å². The third kappa shape index (κ3) is 2.03. The Hall–Kier alpha value is -2.11. The number of carbonyl (C=O) groups excluding carboxylic acids is 1. The normalized spacial score (nSPS) is 16.1. The van der Waals surface area contributed by atoms with Gasteiger partial charge in [-0.05, 0) is 25.0 Å². The van der Waals surface area contributed by atoms with Crippen molar-refractivity contribution in [1.29, 1.82) is 0 Å². The molecule has 2 aromatic rings. The van der Waals surface area contributed by atoms with Gasteiger partial charge in [0.15, 0.2) is 5.65 Å². The Morgan fingerprint density at radius 1 is 1.42 bits per heavy atom. The number of nitrogens with one attached hydrogen (secondary N) is 1. The Kier molecular flexibility index (Phi) is 2.85. The number of hydrogen-bond donors (Lipinski definition) is 1. The van der Waals surface area contributed by atoms with Crippen LogP contribution in [0.5, 0.6) is 0 Å². The Morgan fingerprint density at radius 2 is 2.16 bits per heavy atom. The summed E-state index contributed by atoms with van der Waals surface area (Å²) in [4.78, 5) is 25.7. The predicted octanol–water partition coefficient (Wildman–Crippen LogP) is 1.04. The van der Waals surface area contributed by atoms with Crippen molar-refractivity contribution in [2.24, 2.45) is 0 Å². The van der Waals surface area contributed by atoms with E-state index in [1.807, 2.05) is 7.05 Å². The summed E-state index contributed by atoms with van der Waals surface area (Å²) in [6.45, 7) is 0. The second kappa shape index (κ2) is 4.53. The van der Waals surface area contributed by atoms with Crippen molar-refractivity contribution in [2.45, 2.75) is 31.7 Å². The van der Waals surface area contributed by atoms with Gasteiger partial charge in [-0.1, -0.05) is 12.8 Å². The summed E-state index contributed by atoms with van der Waals surface area (Å²) in [5.74, 6) is -0.0399. The molecule has 1 fully saturated rings. The van der Waals surface area contributed by atoms with Gasteiger partial charge in [0.1, 0.15) is 0 Å². The zero-order valence-electron chi connectivity index (χ0n) is 10.8. The van der Waals surface area contributed by atoms with E-state index in [0.29, 0.717) is 17.3 Å². The summed E-state index contributed by atoms with van der Waals surface area (Å²) in [6, 6.07) is 3.71. The molecule has 0 bridgehead atoms. The third-order valence-electron chi connectivity index (χ3n) is 3.85. The first-order valence-corrected chi connectivity index (χ1v) is 6.51. The Labute approximate surface area is 110 Å².